The summed E-state index contributed by atoms with van der Waals surface area (Å²) in [5, 5.41) is 8.06. The van der Waals surface area contributed by atoms with Gasteiger partial charge in [0, 0.05) is 17.9 Å². The second kappa shape index (κ2) is 6.20. The van der Waals surface area contributed by atoms with Gasteiger partial charge in [0.1, 0.15) is 11.5 Å². The highest BCUT2D eigenvalue weighted by molar-refractivity contribution is 5.87. The Labute approximate surface area is 148 Å². The third-order valence-electron chi connectivity index (χ3n) is 4.75. The Morgan fingerprint density at radius 3 is 2.65 bits per heavy atom. The first-order chi connectivity index (χ1) is 12.4. The first-order valence-electron chi connectivity index (χ1n) is 8.33. The van der Waals surface area contributed by atoms with Gasteiger partial charge in [-0.25, -0.2) is 0 Å². The smallest absolute Gasteiger partial charge is 0.443 e. The average Bonchev–Trinajstić information content (AvgIpc) is 2.59. The van der Waals surface area contributed by atoms with Gasteiger partial charge in [-0.05, 0) is 41.7 Å². The predicted octanol–water partition coefficient (Wildman–Crippen LogP) is 5.42. The standard InChI is InChI=1S/C20H16F3NO2/c21-20(22,23)26-14-6-3-5-13(10-14)17-11-18(24)25-19-15-7-2-1-4-12(15)8-9-16(17)19/h1-7,10,17,24H,8-9,11H2. The van der Waals surface area contributed by atoms with Crippen LogP contribution in [0.4, 0.5) is 13.2 Å². The van der Waals surface area contributed by atoms with E-state index < -0.39 is 6.36 Å². The summed E-state index contributed by atoms with van der Waals surface area (Å²) in [4.78, 5) is 0. The lowest BCUT2D eigenvalue weighted by Crippen LogP contribution is -2.23. The van der Waals surface area contributed by atoms with E-state index in [1.165, 1.54) is 12.1 Å². The number of halogens is 3. The molecule has 2 aliphatic rings. The fourth-order valence-electron chi connectivity index (χ4n) is 3.69. The maximum Gasteiger partial charge on any atom is 0.573 e. The number of aryl methyl sites for hydroxylation is 1. The number of alkyl halides is 3. The van der Waals surface area contributed by atoms with Crippen LogP contribution in [0.5, 0.6) is 5.75 Å². The lowest BCUT2D eigenvalue weighted by molar-refractivity contribution is -0.274. The van der Waals surface area contributed by atoms with Crippen LogP contribution in [-0.2, 0) is 11.2 Å². The van der Waals surface area contributed by atoms with Crippen LogP contribution in [0.2, 0.25) is 0 Å². The van der Waals surface area contributed by atoms with Crippen molar-refractivity contribution < 1.29 is 22.6 Å². The van der Waals surface area contributed by atoms with E-state index in [0.29, 0.717) is 17.7 Å². The monoisotopic (exact) mass is 359 g/mol. The van der Waals surface area contributed by atoms with Crippen LogP contribution in [0.3, 0.4) is 0 Å². The summed E-state index contributed by atoms with van der Waals surface area (Å²) in [7, 11) is 0. The minimum Gasteiger partial charge on any atom is -0.443 e. The second-order valence-corrected chi connectivity index (χ2v) is 6.41. The summed E-state index contributed by atoms with van der Waals surface area (Å²) in [6.07, 6.45) is -2.79. The zero-order chi connectivity index (χ0) is 18.3. The lowest BCUT2D eigenvalue weighted by Gasteiger charge is -2.33. The molecule has 1 aliphatic carbocycles. The van der Waals surface area contributed by atoms with Gasteiger partial charge < -0.3 is 9.47 Å². The highest BCUT2D eigenvalue weighted by Crippen LogP contribution is 2.45. The highest BCUT2D eigenvalue weighted by atomic mass is 19.4. The molecule has 0 radical (unpaired) electrons. The fraction of sp³-hybridized carbons (Fsp3) is 0.250. The summed E-state index contributed by atoms with van der Waals surface area (Å²) >= 11 is 0. The number of rotatable bonds is 2. The predicted molar refractivity (Wildman–Crippen MR) is 91.0 cm³/mol. The molecule has 3 nitrogen and oxygen atoms in total. The molecule has 134 valence electrons. The van der Waals surface area contributed by atoms with E-state index in [-0.39, 0.29) is 17.6 Å². The molecule has 0 bridgehead atoms. The molecule has 2 aromatic carbocycles. The summed E-state index contributed by atoms with van der Waals surface area (Å²) in [6, 6.07) is 13.9. The molecule has 0 amide bonds. The molecule has 26 heavy (non-hydrogen) atoms. The van der Waals surface area contributed by atoms with Crippen molar-refractivity contribution in [3.05, 3.63) is 70.8 Å². The molecule has 2 aromatic rings. The van der Waals surface area contributed by atoms with Crippen molar-refractivity contribution in [1.29, 1.82) is 5.41 Å². The van der Waals surface area contributed by atoms with Gasteiger partial charge >= 0.3 is 6.36 Å². The second-order valence-electron chi connectivity index (χ2n) is 6.41. The number of hydrogen-bond donors (Lipinski definition) is 1. The Morgan fingerprint density at radius 1 is 1.04 bits per heavy atom. The molecule has 1 N–H and O–H groups in total. The van der Waals surface area contributed by atoms with E-state index in [1.54, 1.807) is 12.1 Å². The van der Waals surface area contributed by atoms with Crippen LogP contribution in [0.15, 0.2) is 54.1 Å². The van der Waals surface area contributed by atoms with Crippen molar-refractivity contribution in [2.24, 2.45) is 0 Å². The molecule has 6 heteroatoms. The molecule has 1 aliphatic heterocycles. The van der Waals surface area contributed by atoms with Gasteiger partial charge in [-0.1, -0.05) is 36.4 Å². The molecule has 1 heterocycles. The molecule has 0 fully saturated rings. The van der Waals surface area contributed by atoms with Crippen molar-refractivity contribution in [3.8, 4) is 5.75 Å². The van der Waals surface area contributed by atoms with E-state index in [0.717, 1.165) is 29.5 Å². The van der Waals surface area contributed by atoms with E-state index >= 15 is 0 Å². The molecule has 4 rings (SSSR count). The van der Waals surface area contributed by atoms with Gasteiger partial charge in [0.05, 0.1) is 0 Å². The summed E-state index contributed by atoms with van der Waals surface area (Å²) in [5.41, 5.74) is 3.86. The summed E-state index contributed by atoms with van der Waals surface area (Å²) in [6.45, 7) is 0. The Bertz CT molecular complexity index is 902. The van der Waals surface area contributed by atoms with Crippen molar-refractivity contribution in [3.63, 3.8) is 0 Å². The molecule has 1 unspecified atom stereocenters. The quantitative estimate of drug-likeness (QED) is 0.777. The Morgan fingerprint density at radius 2 is 1.85 bits per heavy atom. The Balaban J connectivity index is 1.75. The van der Waals surface area contributed by atoms with E-state index in [2.05, 4.69) is 4.74 Å². The molecular weight excluding hydrogens is 343 g/mol. The van der Waals surface area contributed by atoms with Crippen molar-refractivity contribution >= 4 is 11.7 Å². The summed E-state index contributed by atoms with van der Waals surface area (Å²) in [5.74, 6) is 0.366. The van der Waals surface area contributed by atoms with Crippen LogP contribution in [0, 0.1) is 5.41 Å². The van der Waals surface area contributed by atoms with E-state index in [1.807, 2.05) is 24.3 Å². The van der Waals surface area contributed by atoms with E-state index in [4.69, 9.17) is 10.1 Å². The van der Waals surface area contributed by atoms with Crippen LogP contribution in [-0.4, -0.2) is 12.3 Å². The number of ether oxygens (including phenoxy) is 2. The molecular formula is C20H16F3NO2. The first kappa shape index (κ1) is 16.7. The normalized spacial score (nSPS) is 19.5. The van der Waals surface area contributed by atoms with Crippen LogP contribution in [0.25, 0.3) is 5.76 Å². The van der Waals surface area contributed by atoms with Gasteiger partial charge in [-0.3, -0.25) is 5.41 Å². The molecule has 0 saturated carbocycles. The third-order valence-corrected chi connectivity index (χ3v) is 4.75. The van der Waals surface area contributed by atoms with Crippen LogP contribution in [0.1, 0.15) is 35.4 Å². The fourth-order valence-corrected chi connectivity index (χ4v) is 3.69. The minimum atomic E-state index is -4.73. The summed E-state index contributed by atoms with van der Waals surface area (Å²) < 4.78 is 47.4. The first-order valence-corrected chi connectivity index (χ1v) is 8.33. The maximum absolute atomic E-state index is 12.5. The zero-order valence-corrected chi connectivity index (χ0v) is 13.8. The van der Waals surface area contributed by atoms with Crippen LogP contribution >= 0.6 is 0 Å². The third kappa shape index (κ3) is 3.19. The van der Waals surface area contributed by atoms with Crippen molar-refractivity contribution in [1.82, 2.24) is 0 Å². The van der Waals surface area contributed by atoms with Gasteiger partial charge in [0.15, 0.2) is 5.90 Å². The highest BCUT2D eigenvalue weighted by Gasteiger charge is 2.34. The van der Waals surface area contributed by atoms with E-state index in [9.17, 15) is 13.2 Å². The maximum atomic E-state index is 12.5. The average molecular weight is 359 g/mol. The van der Waals surface area contributed by atoms with Crippen molar-refractivity contribution in [2.45, 2.75) is 31.5 Å². The molecule has 0 aromatic heterocycles. The van der Waals surface area contributed by atoms with Crippen molar-refractivity contribution in [2.75, 3.05) is 0 Å². The van der Waals surface area contributed by atoms with Gasteiger partial charge in [0.2, 0.25) is 0 Å². The minimum absolute atomic E-state index is 0.118. The number of nitrogens with one attached hydrogen (secondary N) is 1. The SMILES string of the molecule is N=C1CC(c2cccc(OC(F)(F)F)c2)C2=C(O1)c1ccccc1CC2. The largest absolute Gasteiger partial charge is 0.573 e. The van der Waals surface area contributed by atoms with Crippen LogP contribution < -0.4 is 4.74 Å². The zero-order valence-electron chi connectivity index (χ0n) is 13.8. The molecule has 0 spiro atoms. The number of allylic oxidation sites excluding steroid dienone is 1. The van der Waals surface area contributed by atoms with Gasteiger partial charge in [-0.15, -0.1) is 13.2 Å². The van der Waals surface area contributed by atoms with Gasteiger partial charge in [-0.2, -0.15) is 0 Å². The molecule has 0 saturated heterocycles. The van der Waals surface area contributed by atoms with Gasteiger partial charge in [0.25, 0.3) is 0 Å². The number of fused-ring (bicyclic) bond motifs is 2. The Kier molecular flexibility index (Phi) is 3.98. The molecule has 1 atom stereocenters. The topological polar surface area (TPSA) is 42.3 Å². The lowest BCUT2D eigenvalue weighted by atomic mass is 9.78. The number of hydrogen-bond acceptors (Lipinski definition) is 3. The number of benzene rings is 2. The Hall–Kier alpha value is -2.76.